The van der Waals surface area contributed by atoms with Crippen molar-refractivity contribution in [1.82, 2.24) is 5.43 Å². The Labute approximate surface area is 215 Å². The molecule has 0 atom stereocenters. The molecule has 0 aliphatic heterocycles. The minimum atomic E-state index is -3.73. The van der Waals surface area contributed by atoms with Gasteiger partial charge in [-0.3, -0.25) is 9.10 Å². The van der Waals surface area contributed by atoms with Gasteiger partial charge in [-0.15, -0.1) is 0 Å². The van der Waals surface area contributed by atoms with E-state index in [0.29, 0.717) is 34.2 Å². The fourth-order valence-electron chi connectivity index (χ4n) is 3.33. The number of hydrogen-bond acceptors (Lipinski definition) is 6. The molecule has 0 aliphatic carbocycles. The first-order chi connectivity index (χ1) is 17.9. The highest BCUT2D eigenvalue weighted by Crippen LogP contribution is 2.25. The Morgan fingerprint density at radius 1 is 0.784 bits per heavy atom. The molecule has 1 amide bonds. The van der Waals surface area contributed by atoms with Crippen LogP contribution in [0.5, 0.6) is 23.0 Å². The molecular formula is C28H25N3O5S. The number of ether oxygens (including phenoxy) is 2. The van der Waals surface area contributed by atoms with Gasteiger partial charge in [0.15, 0.2) is 0 Å². The van der Waals surface area contributed by atoms with Crippen molar-refractivity contribution >= 4 is 27.8 Å². The number of sulfonamides is 1. The van der Waals surface area contributed by atoms with Gasteiger partial charge in [-0.2, -0.15) is 5.10 Å². The summed E-state index contributed by atoms with van der Waals surface area (Å²) in [5.74, 6) is 1.92. The average molecular weight is 516 g/mol. The number of benzene rings is 4. The van der Waals surface area contributed by atoms with Gasteiger partial charge in [0, 0.05) is 0 Å². The van der Waals surface area contributed by atoms with Crippen LogP contribution in [-0.2, 0) is 14.8 Å². The number of carbonyl (C=O) groups is 1. The highest BCUT2D eigenvalue weighted by Gasteiger charge is 2.20. The summed E-state index contributed by atoms with van der Waals surface area (Å²) < 4.78 is 37.3. The monoisotopic (exact) mass is 515 g/mol. The smallest absolute Gasteiger partial charge is 0.260 e. The summed E-state index contributed by atoms with van der Waals surface area (Å²) in [5, 5.41) is 3.96. The van der Waals surface area contributed by atoms with Crippen molar-refractivity contribution < 1.29 is 22.7 Å². The summed E-state index contributed by atoms with van der Waals surface area (Å²) in [7, 11) is -3.73. The third-order valence-corrected chi connectivity index (χ3v) is 6.17. The Hall–Kier alpha value is -4.63. The van der Waals surface area contributed by atoms with Crippen LogP contribution in [0.2, 0.25) is 0 Å². The lowest BCUT2D eigenvalue weighted by Crippen LogP contribution is -2.38. The molecule has 0 bridgehead atoms. The van der Waals surface area contributed by atoms with Gasteiger partial charge in [0.1, 0.15) is 29.5 Å². The fraction of sp³-hybridized carbons (Fsp3) is 0.0714. The molecule has 9 heteroatoms. The van der Waals surface area contributed by atoms with Crippen LogP contribution in [0.3, 0.4) is 0 Å². The average Bonchev–Trinajstić information content (AvgIpc) is 2.89. The van der Waals surface area contributed by atoms with Crippen LogP contribution in [0.4, 0.5) is 5.69 Å². The minimum Gasteiger partial charge on any atom is -0.457 e. The van der Waals surface area contributed by atoms with Crippen molar-refractivity contribution in [3.63, 3.8) is 0 Å². The van der Waals surface area contributed by atoms with E-state index in [2.05, 4.69) is 10.5 Å². The molecule has 0 spiro atoms. The van der Waals surface area contributed by atoms with E-state index in [4.69, 9.17) is 9.47 Å². The van der Waals surface area contributed by atoms with E-state index in [1.807, 2.05) is 66.7 Å². The third kappa shape index (κ3) is 7.68. The second-order valence-corrected chi connectivity index (χ2v) is 9.87. The first kappa shape index (κ1) is 25.5. The molecule has 0 saturated heterocycles. The number of hydrogen-bond donors (Lipinski definition) is 1. The number of nitrogens with zero attached hydrogens (tertiary/aromatic N) is 2. The molecule has 4 aromatic rings. The number of nitrogens with one attached hydrogen (secondary N) is 1. The topological polar surface area (TPSA) is 97.3 Å². The summed E-state index contributed by atoms with van der Waals surface area (Å²) in [4.78, 5) is 12.5. The van der Waals surface area contributed by atoms with Crippen molar-refractivity contribution in [2.24, 2.45) is 5.10 Å². The Balaban J connectivity index is 1.37. The van der Waals surface area contributed by atoms with Crippen LogP contribution in [0.25, 0.3) is 0 Å². The number of anilines is 1. The summed E-state index contributed by atoms with van der Waals surface area (Å²) in [6, 6.07) is 32.2. The Morgan fingerprint density at radius 3 is 1.92 bits per heavy atom. The van der Waals surface area contributed by atoms with Gasteiger partial charge in [-0.1, -0.05) is 48.5 Å². The van der Waals surface area contributed by atoms with E-state index in [9.17, 15) is 13.2 Å². The molecule has 4 aromatic carbocycles. The number of hydrazone groups is 1. The maximum absolute atomic E-state index is 12.5. The van der Waals surface area contributed by atoms with Crippen LogP contribution in [0, 0.1) is 0 Å². The molecule has 0 fully saturated rings. The molecule has 0 heterocycles. The van der Waals surface area contributed by atoms with Gasteiger partial charge >= 0.3 is 0 Å². The van der Waals surface area contributed by atoms with Crippen LogP contribution >= 0.6 is 0 Å². The van der Waals surface area contributed by atoms with Crippen LogP contribution in [-0.4, -0.2) is 33.3 Å². The molecule has 0 radical (unpaired) electrons. The zero-order chi connectivity index (χ0) is 26.1. The van der Waals surface area contributed by atoms with Crippen LogP contribution in [0.1, 0.15) is 5.56 Å². The second-order valence-electron chi connectivity index (χ2n) is 7.96. The highest BCUT2D eigenvalue weighted by molar-refractivity contribution is 7.92. The summed E-state index contributed by atoms with van der Waals surface area (Å²) in [6.45, 7) is -0.438. The quantitative estimate of drug-likeness (QED) is 0.232. The maximum atomic E-state index is 12.5. The van der Waals surface area contributed by atoms with E-state index >= 15 is 0 Å². The molecule has 0 aromatic heterocycles. The Kier molecular flexibility index (Phi) is 8.17. The SMILES string of the molecule is CS(=O)(=O)N(CC(=O)N/N=C\c1cccc(Oc2ccccc2)c1)c1ccc(Oc2ccccc2)cc1. The summed E-state index contributed by atoms with van der Waals surface area (Å²) in [6.07, 6.45) is 2.49. The van der Waals surface area contributed by atoms with E-state index < -0.39 is 22.5 Å². The minimum absolute atomic E-state index is 0.327. The van der Waals surface area contributed by atoms with Crippen molar-refractivity contribution in [1.29, 1.82) is 0 Å². The molecule has 0 saturated carbocycles. The first-order valence-corrected chi connectivity index (χ1v) is 13.2. The highest BCUT2D eigenvalue weighted by atomic mass is 32.2. The van der Waals surface area contributed by atoms with Gasteiger partial charge in [0.05, 0.1) is 18.2 Å². The molecule has 37 heavy (non-hydrogen) atoms. The van der Waals surface area contributed by atoms with Crippen molar-refractivity contribution in [3.05, 3.63) is 115 Å². The van der Waals surface area contributed by atoms with Gasteiger partial charge in [-0.05, 0) is 66.2 Å². The van der Waals surface area contributed by atoms with Gasteiger partial charge < -0.3 is 9.47 Å². The van der Waals surface area contributed by atoms with Crippen molar-refractivity contribution in [2.75, 3.05) is 17.1 Å². The van der Waals surface area contributed by atoms with Crippen molar-refractivity contribution in [3.8, 4) is 23.0 Å². The number of para-hydroxylation sites is 2. The maximum Gasteiger partial charge on any atom is 0.260 e. The predicted octanol–water partition coefficient (Wildman–Crippen LogP) is 5.19. The standard InChI is InChI=1S/C28H25N3O5S/c1-37(33,34)31(23-15-17-26(18-16-23)35-24-10-4-2-5-11-24)21-28(32)30-29-20-22-9-8-14-27(19-22)36-25-12-6-3-7-13-25/h2-20H,21H2,1H3,(H,30,32)/b29-20-. The largest absolute Gasteiger partial charge is 0.457 e. The van der Waals surface area contributed by atoms with Gasteiger partial charge in [0.25, 0.3) is 5.91 Å². The Morgan fingerprint density at radius 2 is 1.32 bits per heavy atom. The van der Waals surface area contributed by atoms with E-state index in [-0.39, 0.29) is 0 Å². The van der Waals surface area contributed by atoms with E-state index in [0.717, 1.165) is 10.6 Å². The van der Waals surface area contributed by atoms with Crippen LogP contribution < -0.4 is 19.2 Å². The third-order valence-electron chi connectivity index (χ3n) is 5.03. The molecule has 1 N–H and O–H groups in total. The van der Waals surface area contributed by atoms with Gasteiger partial charge in [-0.25, -0.2) is 13.8 Å². The zero-order valence-electron chi connectivity index (χ0n) is 20.0. The van der Waals surface area contributed by atoms with Gasteiger partial charge in [0.2, 0.25) is 10.0 Å². The molecule has 4 rings (SSSR count). The number of carbonyl (C=O) groups excluding carboxylic acids is 1. The lowest BCUT2D eigenvalue weighted by Gasteiger charge is -2.21. The van der Waals surface area contributed by atoms with Crippen molar-refractivity contribution in [2.45, 2.75) is 0 Å². The Bertz CT molecular complexity index is 1460. The molecule has 0 aliphatic rings. The number of rotatable bonds is 10. The zero-order valence-corrected chi connectivity index (χ0v) is 20.8. The lowest BCUT2D eigenvalue weighted by molar-refractivity contribution is -0.119. The van der Waals surface area contributed by atoms with E-state index in [1.165, 1.54) is 6.21 Å². The number of amides is 1. The predicted molar refractivity (Wildman–Crippen MR) is 144 cm³/mol. The fourth-order valence-corrected chi connectivity index (χ4v) is 4.19. The molecule has 0 unspecified atom stereocenters. The second kappa shape index (κ2) is 11.9. The first-order valence-electron chi connectivity index (χ1n) is 11.3. The normalized spacial score (nSPS) is 11.2. The lowest BCUT2D eigenvalue weighted by atomic mass is 10.2. The van der Waals surface area contributed by atoms with E-state index in [1.54, 1.807) is 42.5 Å². The summed E-state index contributed by atoms with van der Waals surface area (Å²) in [5.41, 5.74) is 3.40. The molecular weight excluding hydrogens is 490 g/mol. The molecule has 8 nitrogen and oxygen atoms in total. The molecule has 188 valence electrons. The summed E-state index contributed by atoms with van der Waals surface area (Å²) >= 11 is 0. The van der Waals surface area contributed by atoms with Crippen LogP contribution in [0.15, 0.2) is 114 Å².